The molecule has 9 heteroatoms. The van der Waals surface area contributed by atoms with Crippen molar-refractivity contribution < 1.29 is 19.2 Å². The molecule has 5 amide bonds. The molecule has 3 rings (SSSR count). The zero-order chi connectivity index (χ0) is 18.0. The predicted octanol–water partition coefficient (Wildman–Crippen LogP) is 0.0833. The molecule has 1 fully saturated rings. The largest absolute Gasteiger partial charge is 0.326 e. The third-order valence-electron chi connectivity index (χ3n) is 3.97. The minimum atomic E-state index is -0.854. The first-order chi connectivity index (χ1) is 11.9. The van der Waals surface area contributed by atoms with E-state index >= 15 is 0 Å². The second-order valence-electron chi connectivity index (χ2n) is 5.98. The van der Waals surface area contributed by atoms with Gasteiger partial charge >= 0.3 is 6.03 Å². The number of urea groups is 1. The SMILES string of the molecule is CC1CC(=O)NN=C1c1ccc(NC(=O)CC2NC(=O)NC2=O)cc1. The summed E-state index contributed by atoms with van der Waals surface area (Å²) < 4.78 is 0. The summed E-state index contributed by atoms with van der Waals surface area (Å²) in [6, 6.07) is 5.58. The molecule has 4 N–H and O–H groups in total. The van der Waals surface area contributed by atoms with Crippen molar-refractivity contribution in [2.24, 2.45) is 11.0 Å². The number of amides is 5. The van der Waals surface area contributed by atoms with E-state index in [0.717, 1.165) is 11.3 Å². The van der Waals surface area contributed by atoms with Crippen molar-refractivity contribution in [1.82, 2.24) is 16.1 Å². The molecule has 9 nitrogen and oxygen atoms in total. The third-order valence-corrected chi connectivity index (χ3v) is 3.97. The summed E-state index contributed by atoms with van der Waals surface area (Å²) in [5, 5.41) is 11.2. The molecule has 0 aliphatic carbocycles. The molecule has 2 aliphatic rings. The van der Waals surface area contributed by atoms with Crippen molar-refractivity contribution in [2.45, 2.75) is 25.8 Å². The molecule has 1 aromatic rings. The number of nitrogens with zero attached hydrogens (tertiary/aromatic N) is 1. The van der Waals surface area contributed by atoms with Gasteiger partial charge in [-0.05, 0) is 17.7 Å². The number of carbonyl (C=O) groups excluding carboxylic acids is 4. The van der Waals surface area contributed by atoms with E-state index in [1.54, 1.807) is 24.3 Å². The fraction of sp³-hybridized carbons (Fsp3) is 0.312. The van der Waals surface area contributed by atoms with Gasteiger partial charge in [0, 0.05) is 18.0 Å². The first kappa shape index (κ1) is 16.6. The normalized spacial score (nSPS) is 22.6. The lowest BCUT2D eigenvalue weighted by molar-refractivity contribution is -0.124. The molecule has 130 valence electrons. The lowest BCUT2D eigenvalue weighted by Crippen LogP contribution is -2.33. The summed E-state index contributed by atoms with van der Waals surface area (Å²) in [7, 11) is 0. The minimum absolute atomic E-state index is 0.0127. The number of hydrazone groups is 1. The van der Waals surface area contributed by atoms with E-state index in [1.165, 1.54) is 0 Å². The highest BCUT2D eigenvalue weighted by molar-refractivity contribution is 6.07. The van der Waals surface area contributed by atoms with Crippen LogP contribution in [0.3, 0.4) is 0 Å². The monoisotopic (exact) mass is 343 g/mol. The Morgan fingerprint density at radius 3 is 2.56 bits per heavy atom. The molecular weight excluding hydrogens is 326 g/mol. The van der Waals surface area contributed by atoms with Crippen molar-refractivity contribution in [3.63, 3.8) is 0 Å². The van der Waals surface area contributed by atoms with Crippen LogP contribution in [0.15, 0.2) is 29.4 Å². The maximum Gasteiger partial charge on any atom is 0.322 e. The summed E-state index contributed by atoms with van der Waals surface area (Å²) in [6.07, 6.45) is 0.238. The van der Waals surface area contributed by atoms with E-state index in [0.29, 0.717) is 12.1 Å². The van der Waals surface area contributed by atoms with Crippen LogP contribution in [0.25, 0.3) is 0 Å². The lowest BCUT2D eigenvalue weighted by Gasteiger charge is -2.19. The Morgan fingerprint density at radius 1 is 1.24 bits per heavy atom. The fourth-order valence-electron chi connectivity index (χ4n) is 2.73. The minimum Gasteiger partial charge on any atom is -0.326 e. The number of carbonyl (C=O) groups is 4. The standard InChI is InChI=1S/C16H17N5O4/c1-8-6-13(23)20-21-14(8)9-2-4-10(5-3-9)17-12(22)7-11-15(24)19-16(25)18-11/h2-5,8,11H,6-7H2,1H3,(H,17,22)(H,20,23)(H2,18,19,24,25). The molecular formula is C16H17N5O4. The molecule has 25 heavy (non-hydrogen) atoms. The maximum atomic E-state index is 12.0. The molecule has 0 spiro atoms. The Hall–Kier alpha value is -3.23. The molecule has 0 saturated carbocycles. The second kappa shape index (κ2) is 6.71. The maximum absolute atomic E-state index is 12.0. The van der Waals surface area contributed by atoms with Crippen molar-refractivity contribution in [2.75, 3.05) is 5.32 Å². The Balaban J connectivity index is 1.61. The van der Waals surface area contributed by atoms with Crippen LogP contribution >= 0.6 is 0 Å². The third kappa shape index (κ3) is 3.82. The van der Waals surface area contributed by atoms with E-state index < -0.39 is 18.0 Å². The van der Waals surface area contributed by atoms with Gasteiger partial charge in [-0.25, -0.2) is 10.2 Å². The smallest absolute Gasteiger partial charge is 0.322 e. The van der Waals surface area contributed by atoms with Crippen LogP contribution in [0, 0.1) is 5.92 Å². The molecule has 0 radical (unpaired) electrons. The zero-order valence-corrected chi connectivity index (χ0v) is 13.5. The van der Waals surface area contributed by atoms with E-state index in [1.807, 2.05) is 6.92 Å². The number of rotatable bonds is 4. The first-order valence-electron chi connectivity index (χ1n) is 7.80. The van der Waals surface area contributed by atoms with E-state index in [-0.39, 0.29) is 24.2 Å². The number of hydrogen-bond donors (Lipinski definition) is 4. The predicted molar refractivity (Wildman–Crippen MR) is 88.6 cm³/mol. The molecule has 0 aromatic heterocycles. The zero-order valence-electron chi connectivity index (χ0n) is 13.5. The topological polar surface area (TPSA) is 129 Å². The van der Waals surface area contributed by atoms with Gasteiger partial charge in [0.05, 0.1) is 12.1 Å². The van der Waals surface area contributed by atoms with Crippen LogP contribution in [-0.4, -0.2) is 35.5 Å². The highest BCUT2D eigenvalue weighted by Gasteiger charge is 2.31. The van der Waals surface area contributed by atoms with E-state index in [2.05, 4.69) is 26.5 Å². The summed E-state index contributed by atoms with van der Waals surface area (Å²) >= 11 is 0. The van der Waals surface area contributed by atoms with E-state index in [9.17, 15) is 19.2 Å². The molecule has 2 heterocycles. The number of imide groups is 1. The lowest BCUT2D eigenvalue weighted by atomic mass is 9.94. The summed E-state index contributed by atoms with van der Waals surface area (Å²) in [6.45, 7) is 1.92. The number of anilines is 1. The Morgan fingerprint density at radius 2 is 1.96 bits per heavy atom. The average molecular weight is 343 g/mol. The molecule has 2 unspecified atom stereocenters. The van der Waals surface area contributed by atoms with Crippen molar-refractivity contribution >= 4 is 35.2 Å². The van der Waals surface area contributed by atoms with E-state index in [4.69, 9.17) is 0 Å². The summed E-state index contributed by atoms with van der Waals surface area (Å²) in [4.78, 5) is 45.7. The Labute approximate surface area is 143 Å². The van der Waals surface area contributed by atoms with Crippen LogP contribution in [0.2, 0.25) is 0 Å². The molecule has 2 atom stereocenters. The number of nitrogens with one attached hydrogen (secondary N) is 4. The van der Waals surface area contributed by atoms with Crippen molar-refractivity contribution in [3.05, 3.63) is 29.8 Å². The number of benzene rings is 1. The van der Waals surface area contributed by atoms with Gasteiger partial charge < -0.3 is 10.6 Å². The van der Waals surface area contributed by atoms with Gasteiger partial charge in [0.25, 0.3) is 5.91 Å². The highest BCUT2D eigenvalue weighted by Crippen LogP contribution is 2.18. The first-order valence-corrected chi connectivity index (χ1v) is 7.80. The van der Waals surface area contributed by atoms with Gasteiger partial charge in [-0.1, -0.05) is 19.1 Å². The summed E-state index contributed by atoms with van der Waals surface area (Å²) in [5.41, 5.74) is 4.66. The molecule has 2 aliphatic heterocycles. The quantitative estimate of drug-likeness (QED) is 0.577. The van der Waals surface area contributed by atoms with Crippen molar-refractivity contribution in [1.29, 1.82) is 0 Å². The summed E-state index contributed by atoms with van der Waals surface area (Å²) in [5.74, 6) is -0.991. The van der Waals surface area contributed by atoms with Gasteiger partial charge in [0.2, 0.25) is 11.8 Å². The Kier molecular flexibility index (Phi) is 4.46. The van der Waals surface area contributed by atoms with Crippen LogP contribution < -0.4 is 21.4 Å². The molecule has 0 bridgehead atoms. The van der Waals surface area contributed by atoms with Gasteiger partial charge in [-0.3, -0.25) is 19.7 Å². The van der Waals surface area contributed by atoms with Crippen LogP contribution in [-0.2, 0) is 14.4 Å². The van der Waals surface area contributed by atoms with Gasteiger partial charge in [0.1, 0.15) is 6.04 Å². The van der Waals surface area contributed by atoms with Gasteiger partial charge in [0.15, 0.2) is 0 Å². The Bertz CT molecular complexity index is 771. The molecule has 1 aromatic carbocycles. The van der Waals surface area contributed by atoms with Gasteiger partial charge in [-0.15, -0.1) is 0 Å². The fourth-order valence-corrected chi connectivity index (χ4v) is 2.73. The second-order valence-corrected chi connectivity index (χ2v) is 5.98. The van der Waals surface area contributed by atoms with Crippen LogP contribution in [0.4, 0.5) is 10.5 Å². The average Bonchev–Trinajstić information content (AvgIpc) is 2.86. The highest BCUT2D eigenvalue weighted by atomic mass is 16.2. The van der Waals surface area contributed by atoms with Crippen LogP contribution in [0.5, 0.6) is 0 Å². The van der Waals surface area contributed by atoms with Crippen molar-refractivity contribution in [3.8, 4) is 0 Å². The number of hydrogen-bond acceptors (Lipinski definition) is 5. The molecule has 1 saturated heterocycles. The van der Waals surface area contributed by atoms with Gasteiger partial charge in [-0.2, -0.15) is 5.10 Å². The van der Waals surface area contributed by atoms with Crippen LogP contribution in [0.1, 0.15) is 25.3 Å².